The first-order valence-corrected chi connectivity index (χ1v) is 21.2. The number of alkyl halides is 26. The molecule has 68 heavy (non-hydrogen) atoms. The van der Waals surface area contributed by atoms with Crippen molar-refractivity contribution in [1.82, 2.24) is 0 Å². The molecule has 0 radical (unpaired) electrons. The third kappa shape index (κ3) is 13.1. The van der Waals surface area contributed by atoms with Gasteiger partial charge in [0.25, 0.3) is 0 Å². The van der Waals surface area contributed by atoms with E-state index in [1.165, 1.54) is 48.5 Å². The molecule has 0 saturated carbocycles. The van der Waals surface area contributed by atoms with Crippen LogP contribution in [0.25, 0.3) is 0 Å². The molecule has 0 aliphatic heterocycles. The van der Waals surface area contributed by atoms with E-state index >= 15 is 0 Å². The van der Waals surface area contributed by atoms with E-state index in [4.69, 9.17) is 9.47 Å². The van der Waals surface area contributed by atoms with Crippen LogP contribution in [0.2, 0.25) is 0 Å². The van der Waals surface area contributed by atoms with Crippen LogP contribution in [0.3, 0.4) is 0 Å². The highest BCUT2D eigenvalue weighted by molar-refractivity contribution is 7.99. The van der Waals surface area contributed by atoms with Gasteiger partial charge in [-0.1, -0.05) is 38.5 Å². The first-order valence-electron chi connectivity index (χ1n) is 19.2. The van der Waals surface area contributed by atoms with Crippen molar-refractivity contribution >= 4 is 23.5 Å². The second-order valence-corrected chi connectivity index (χ2v) is 17.0. The van der Waals surface area contributed by atoms with E-state index in [1.54, 1.807) is 0 Å². The summed E-state index contributed by atoms with van der Waals surface area (Å²) in [5.41, 5.74) is 0. The van der Waals surface area contributed by atoms with Crippen LogP contribution in [0.15, 0.2) is 58.3 Å². The molecule has 2 aromatic rings. The summed E-state index contributed by atoms with van der Waals surface area (Å²) >= 11 is 0.632. The second kappa shape index (κ2) is 22.1. The van der Waals surface area contributed by atoms with Crippen LogP contribution in [-0.4, -0.2) is 96.3 Å². The van der Waals surface area contributed by atoms with Gasteiger partial charge in [-0.15, -0.1) is 23.5 Å². The topological polar surface area (TPSA) is 18.5 Å². The lowest BCUT2D eigenvalue weighted by molar-refractivity contribution is -0.439. The summed E-state index contributed by atoms with van der Waals surface area (Å²) in [6, 6.07) is 10.0. The Labute approximate surface area is 377 Å². The molecule has 2 rings (SSSR count). The SMILES string of the molecule is FC(F)(F)C(F)(F)C(F)(F)C(F)(F)C(F)(F)C(F)(F)CCSc1ccc(OCCCCCCCCCCOc2ccc(SCCC(F)(F)C(F)(F)C(F)(F)C(F)(F)C(F)(F)C(F)(F)F)cc2)cc1. The molecule has 2 nitrogen and oxygen atoms in total. The van der Waals surface area contributed by atoms with Crippen LogP contribution in [0.4, 0.5) is 114 Å². The zero-order chi connectivity index (χ0) is 52.7. The van der Waals surface area contributed by atoms with Gasteiger partial charge in [0, 0.05) is 34.1 Å². The van der Waals surface area contributed by atoms with Gasteiger partial charge in [-0.25, -0.2) is 0 Å². The number of benzene rings is 2. The molecule has 2 aromatic carbocycles. The number of unbranched alkanes of at least 4 members (excludes halogenated alkanes) is 7. The van der Waals surface area contributed by atoms with Crippen molar-refractivity contribution in [3.05, 3.63) is 48.5 Å². The normalized spacial score (nSPS) is 14.7. The molecule has 0 amide bonds. The Hall–Kier alpha value is -3.08. The monoisotopic (exact) mass is 1080 g/mol. The minimum atomic E-state index is -7.96. The average Bonchev–Trinajstić information content (AvgIpc) is 3.20. The van der Waals surface area contributed by atoms with Gasteiger partial charge in [0.2, 0.25) is 0 Å². The molecule has 0 saturated heterocycles. The van der Waals surface area contributed by atoms with Crippen LogP contribution >= 0.6 is 23.5 Å². The van der Waals surface area contributed by atoms with Gasteiger partial charge < -0.3 is 9.47 Å². The Morgan fingerprint density at radius 1 is 0.294 bits per heavy atom. The largest absolute Gasteiger partial charge is 0.494 e. The van der Waals surface area contributed by atoms with Crippen molar-refractivity contribution < 1.29 is 124 Å². The van der Waals surface area contributed by atoms with E-state index in [2.05, 4.69) is 0 Å². The number of thioether (sulfide) groups is 2. The molecule has 0 aliphatic carbocycles. The van der Waals surface area contributed by atoms with E-state index in [-0.39, 0.29) is 34.5 Å². The molecule has 394 valence electrons. The molecule has 0 N–H and O–H groups in total. The van der Waals surface area contributed by atoms with Crippen molar-refractivity contribution in [2.45, 2.75) is 146 Å². The predicted molar refractivity (Wildman–Crippen MR) is 193 cm³/mol. The molecule has 0 aliphatic rings. The zero-order valence-electron chi connectivity index (χ0n) is 34.0. The first-order chi connectivity index (χ1) is 30.6. The number of rotatable bonds is 29. The highest BCUT2D eigenvalue weighted by atomic mass is 32.2. The lowest BCUT2D eigenvalue weighted by Crippen LogP contribution is -2.70. The maximum atomic E-state index is 14.0. The van der Waals surface area contributed by atoms with Gasteiger partial charge >= 0.3 is 71.6 Å². The average molecular weight is 1080 g/mol. The molecule has 0 atom stereocenters. The van der Waals surface area contributed by atoms with Crippen molar-refractivity contribution in [3.63, 3.8) is 0 Å². The van der Waals surface area contributed by atoms with Crippen molar-refractivity contribution in [2.75, 3.05) is 24.7 Å². The summed E-state index contributed by atoms with van der Waals surface area (Å²) < 4.78 is 356. The molecule has 0 spiro atoms. The molecule has 0 aromatic heterocycles. The number of hydrogen-bond donors (Lipinski definition) is 0. The summed E-state index contributed by atoms with van der Waals surface area (Å²) in [7, 11) is 0. The zero-order valence-corrected chi connectivity index (χ0v) is 35.6. The summed E-state index contributed by atoms with van der Waals surface area (Å²) in [4.78, 5) is 0.0953. The molecule has 0 bridgehead atoms. The van der Waals surface area contributed by atoms with Crippen LogP contribution in [-0.2, 0) is 0 Å². The third-order valence-electron chi connectivity index (χ3n) is 9.59. The maximum Gasteiger partial charge on any atom is 0.460 e. The predicted octanol–water partition coefficient (Wildman–Crippen LogP) is 16.7. The highest BCUT2D eigenvalue weighted by Gasteiger charge is 2.92. The van der Waals surface area contributed by atoms with Crippen molar-refractivity contribution in [3.8, 4) is 11.5 Å². The Morgan fingerprint density at radius 3 is 0.779 bits per heavy atom. The standard InChI is InChI=1S/C38H36F26O2S2/c39-27(40,29(43,44)31(47,48)33(51,52)35(55,56)37(59,60)61)17-21-67-25-13-9-23(10-14-25)65-19-7-5-3-1-2-4-6-8-20-66-24-11-15-26(16-12-24)68-22-18-28(41,42)30(45,46)32(49,50)34(53,54)36(57,58)38(62,63)64/h9-16H,1-8,17-22H2. The Morgan fingerprint density at radius 2 is 0.529 bits per heavy atom. The van der Waals surface area contributed by atoms with E-state index in [0.717, 1.165) is 38.5 Å². The smallest absolute Gasteiger partial charge is 0.460 e. The second-order valence-electron chi connectivity index (χ2n) is 14.7. The fourth-order valence-electron chi connectivity index (χ4n) is 5.42. The molecular weight excluding hydrogens is 1050 g/mol. The van der Waals surface area contributed by atoms with Crippen molar-refractivity contribution in [2.24, 2.45) is 0 Å². The Balaban J connectivity index is 1.64. The minimum Gasteiger partial charge on any atom is -0.494 e. The number of ether oxygens (including phenoxy) is 2. The van der Waals surface area contributed by atoms with Gasteiger partial charge in [0.05, 0.1) is 13.2 Å². The van der Waals surface area contributed by atoms with Gasteiger partial charge in [0.15, 0.2) is 0 Å². The first kappa shape index (κ1) is 61.0. The summed E-state index contributed by atoms with van der Waals surface area (Å²) in [5.74, 6) is -76.1. The van der Waals surface area contributed by atoms with E-state index in [1.807, 2.05) is 0 Å². The van der Waals surface area contributed by atoms with E-state index in [0.29, 0.717) is 36.4 Å². The minimum absolute atomic E-state index is 0.0477. The van der Waals surface area contributed by atoms with Gasteiger partial charge in [-0.05, 0) is 61.4 Å². The molecule has 30 heteroatoms. The highest BCUT2D eigenvalue weighted by Crippen LogP contribution is 2.62. The van der Waals surface area contributed by atoms with Crippen molar-refractivity contribution in [1.29, 1.82) is 0 Å². The quantitative estimate of drug-likeness (QED) is 0.0459. The fourth-order valence-corrected chi connectivity index (χ4v) is 7.27. The Bertz CT molecular complexity index is 1710. The van der Waals surface area contributed by atoms with Gasteiger partial charge in [-0.2, -0.15) is 114 Å². The van der Waals surface area contributed by atoms with Crippen LogP contribution in [0.5, 0.6) is 11.5 Å². The summed E-state index contributed by atoms with van der Waals surface area (Å²) in [6.07, 6.45) is -13.8. The van der Waals surface area contributed by atoms with Gasteiger partial charge in [-0.3, -0.25) is 0 Å². The lowest BCUT2D eigenvalue weighted by atomic mass is 9.93. The lowest BCUT2D eigenvalue weighted by Gasteiger charge is -2.39. The Kier molecular flexibility index (Phi) is 19.9. The number of halogens is 26. The number of hydrogen-bond acceptors (Lipinski definition) is 4. The summed E-state index contributed by atoms with van der Waals surface area (Å²) in [6.45, 7) is 0.416. The van der Waals surface area contributed by atoms with Gasteiger partial charge in [0.1, 0.15) is 11.5 Å². The van der Waals surface area contributed by atoms with E-state index < -0.39 is 95.9 Å². The summed E-state index contributed by atoms with van der Waals surface area (Å²) in [5, 5.41) is 0. The molecule has 0 fully saturated rings. The maximum absolute atomic E-state index is 14.0. The van der Waals surface area contributed by atoms with E-state index in [9.17, 15) is 114 Å². The van der Waals surface area contributed by atoms with Crippen LogP contribution < -0.4 is 9.47 Å². The fraction of sp³-hybridized carbons (Fsp3) is 0.684. The molecular formula is C38H36F26O2S2. The van der Waals surface area contributed by atoms with Crippen LogP contribution in [0, 0.1) is 0 Å². The molecule has 0 unspecified atom stereocenters. The molecule has 0 heterocycles. The third-order valence-corrected chi connectivity index (χ3v) is 11.6. The van der Waals surface area contributed by atoms with Crippen LogP contribution in [0.1, 0.15) is 64.2 Å².